The second-order valence-corrected chi connectivity index (χ2v) is 6.94. The summed E-state index contributed by atoms with van der Waals surface area (Å²) < 4.78 is 169. The third kappa shape index (κ3) is 6.10. The van der Waals surface area contributed by atoms with Gasteiger partial charge in [0.25, 0.3) is 0 Å². The normalized spacial score (nSPS) is 16.0. The number of aliphatic hydroxyl groups is 1. The maximum Gasteiger partial charge on any atom is 0.460 e. The summed E-state index contributed by atoms with van der Waals surface area (Å²) in [7, 11) is 0. The molecule has 194 valence electrons. The number of halogens is 13. The van der Waals surface area contributed by atoms with E-state index in [1.54, 1.807) is 0 Å². The Bertz CT molecular complexity index is 577. The molecule has 0 amide bonds. The molecule has 0 aliphatic heterocycles. The quantitative estimate of drug-likeness (QED) is 0.263. The molecule has 1 unspecified atom stereocenters. The number of nitrogens with zero attached hydrogens (tertiary/aromatic N) is 1. The second-order valence-electron chi connectivity index (χ2n) is 6.94. The van der Waals surface area contributed by atoms with Gasteiger partial charge in [-0.2, -0.15) is 57.1 Å². The lowest BCUT2D eigenvalue weighted by Gasteiger charge is -2.40. The molecular formula is C16H23F13N2O. The fraction of sp³-hybridized carbons (Fsp3) is 1.00. The molecule has 0 saturated heterocycles. The van der Waals surface area contributed by atoms with Crippen LogP contribution >= 0.6 is 0 Å². The van der Waals surface area contributed by atoms with Gasteiger partial charge < -0.3 is 15.3 Å². The minimum absolute atomic E-state index is 0.0432. The molecular weight excluding hydrogens is 483 g/mol. The van der Waals surface area contributed by atoms with Crippen LogP contribution in [0.25, 0.3) is 0 Å². The van der Waals surface area contributed by atoms with Gasteiger partial charge in [0.1, 0.15) is 0 Å². The first-order chi connectivity index (χ1) is 14.1. The number of rotatable bonds is 14. The SMILES string of the molecule is CCN(CC)CCCNCC(O)CC(F)(F)C(F)(F)C(F)(F)C(F)(F)C(F)(F)C(F)(F)F. The van der Waals surface area contributed by atoms with Crippen molar-refractivity contribution in [1.82, 2.24) is 10.2 Å². The van der Waals surface area contributed by atoms with Gasteiger partial charge in [-0.3, -0.25) is 0 Å². The predicted molar refractivity (Wildman–Crippen MR) is 86.7 cm³/mol. The molecule has 0 aromatic carbocycles. The average molecular weight is 506 g/mol. The van der Waals surface area contributed by atoms with Crippen LogP contribution in [-0.2, 0) is 0 Å². The molecule has 2 N–H and O–H groups in total. The Balaban J connectivity index is 5.30. The van der Waals surface area contributed by atoms with Gasteiger partial charge in [-0.15, -0.1) is 0 Å². The maximum absolute atomic E-state index is 13.7. The van der Waals surface area contributed by atoms with E-state index in [0.29, 0.717) is 26.1 Å². The summed E-state index contributed by atoms with van der Waals surface area (Å²) in [6.07, 6.45) is -12.2. The largest absolute Gasteiger partial charge is 0.460 e. The van der Waals surface area contributed by atoms with E-state index in [-0.39, 0.29) is 6.54 Å². The number of aliphatic hydroxyl groups excluding tert-OH is 1. The van der Waals surface area contributed by atoms with Crippen molar-refractivity contribution in [3.05, 3.63) is 0 Å². The zero-order valence-electron chi connectivity index (χ0n) is 16.8. The van der Waals surface area contributed by atoms with E-state index in [9.17, 15) is 62.2 Å². The molecule has 32 heavy (non-hydrogen) atoms. The van der Waals surface area contributed by atoms with Gasteiger partial charge in [-0.05, 0) is 32.6 Å². The van der Waals surface area contributed by atoms with Crippen molar-refractivity contribution in [1.29, 1.82) is 0 Å². The highest BCUT2D eigenvalue weighted by atomic mass is 19.4. The first-order valence-corrected chi connectivity index (χ1v) is 9.21. The molecule has 0 aromatic rings. The van der Waals surface area contributed by atoms with Gasteiger partial charge in [-0.25, -0.2) is 0 Å². The van der Waals surface area contributed by atoms with Crippen LogP contribution in [0, 0.1) is 0 Å². The van der Waals surface area contributed by atoms with Gasteiger partial charge in [-0.1, -0.05) is 13.8 Å². The number of nitrogens with one attached hydrogen (secondary N) is 1. The molecule has 3 nitrogen and oxygen atoms in total. The predicted octanol–water partition coefficient (Wildman–Crippen LogP) is 4.80. The fourth-order valence-electron chi connectivity index (χ4n) is 2.53. The number of hydrogen-bond acceptors (Lipinski definition) is 3. The zero-order valence-corrected chi connectivity index (χ0v) is 16.8. The Labute approximate surface area is 174 Å². The van der Waals surface area contributed by atoms with Crippen LogP contribution in [0.1, 0.15) is 26.7 Å². The highest BCUT2D eigenvalue weighted by Gasteiger charge is 2.90. The van der Waals surface area contributed by atoms with E-state index in [1.165, 1.54) is 0 Å². The smallest absolute Gasteiger partial charge is 0.392 e. The summed E-state index contributed by atoms with van der Waals surface area (Å²) in [6, 6.07) is 0. The fourth-order valence-corrected chi connectivity index (χ4v) is 2.53. The molecule has 0 saturated carbocycles. The van der Waals surface area contributed by atoms with Crippen LogP contribution in [0.4, 0.5) is 57.1 Å². The van der Waals surface area contributed by atoms with Crippen LogP contribution in [0.2, 0.25) is 0 Å². The molecule has 16 heteroatoms. The third-order valence-electron chi connectivity index (χ3n) is 4.59. The number of alkyl halides is 13. The van der Waals surface area contributed by atoms with Crippen molar-refractivity contribution in [2.45, 2.75) is 68.6 Å². The lowest BCUT2D eigenvalue weighted by Crippen LogP contribution is -2.70. The van der Waals surface area contributed by atoms with Crippen molar-refractivity contribution < 1.29 is 62.2 Å². The Morgan fingerprint density at radius 3 is 1.56 bits per heavy atom. The molecule has 1 atom stereocenters. The summed E-state index contributed by atoms with van der Waals surface area (Å²) >= 11 is 0. The van der Waals surface area contributed by atoms with Crippen molar-refractivity contribution in [2.24, 2.45) is 0 Å². The van der Waals surface area contributed by atoms with Crippen LogP contribution in [0.3, 0.4) is 0 Å². The molecule has 0 aliphatic carbocycles. The summed E-state index contributed by atoms with van der Waals surface area (Å²) in [5, 5.41) is 11.7. The van der Waals surface area contributed by atoms with Crippen molar-refractivity contribution in [3.8, 4) is 0 Å². The van der Waals surface area contributed by atoms with E-state index in [4.69, 9.17) is 0 Å². The van der Waals surface area contributed by atoms with Gasteiger partial charge in [0.15, 0.2) is 0 Å². The highest BCUT2D eigenvalue weighted by Crippen LogP contribution is 2.60. The first-order valence-electron chi connectivity index (χ1n) is 9.21. The van der Waals surface area contributed by atoms with Crippen molar-refractivity contribution in [2.75, 3.05) is 32.7 Å². The first kappa shape index (κ1) is 31.0. The van der Waals surface area contributed by atoms with Gasteiger partial charge in [0.2, 0.25) is 0 Å². The van der Waals surface area contributed by atoms with Crippen LogP contribution < -0.4 is 5.32 Å². The minimum Gasteiger partial charge on any atom is -0.392 e. The van der Waals surface area contributed by atoms with E-state index in [2.05, 4.69) is 5.32 Å². The summed E-state index contributed by atoms with van der Waals surface area (Å²) in [4.78, 5) is 1.94. The molecule has 0 heterocycles. The van der Waals surface area contributed by atoms with E-state index in [1.807, 2.05) is 18.7 Å². The highest BCUT2D eigenvalue weighted by molar-refractivity contribution is 5.10. The molecule has 0 aliphatic rings. The zero-order chi connectivity index (χ0) is 25.8. The molecule has 0 rings (SSSR count). The van der Waals surface area contributed by atoms with E-state index < -0.39 is 54.9 Å². The standard InChI is InChI=1S/C16H23F13N2O/c1-3-31(4-2)7-5-6-30-9-10(32)8-11(17,18)12(19,20)13(21,22)14(23,24)15(25,26)16(27,28)29/h10,30,32H,3-9H2,1-2H3. The number of hydrogen-bond donors (Lipinski definition) is 2. The molecule has 0 aromatic heterocycles. The Morgan fingerprint density at radius 2 is 1.16 bits per heavy atom. The second kappa shape index (κ2) is 10.5. The third-order valence-corrected chi connectivity index (χ3v) is 4.59. The van der Waals surface area contributed by atoms with Crippen LogP contribution in [0.5, 0.6) is 0 Å². The summed E-state index contributed by atoms with van der Waals surface area (Å²) in [5.41, 5.74) is 0. The topological polar surface area (TPSA) is 35.5 Å². The Kier molecular flexibility index (Phi) is 10.2. The minimum atomic E-state index is -7.93. The molecule has 0 bridgehead atoms. The average Bonchev–Trinajstić information content (AvgIpc) is 2.62. The van der Waals surface area contributed by atoms with E-state index in [0.717, 1.165) is 0 Å². The lowest BCUT2D eigenvalue weighted by atomic mass is 9.91. The molecule has 0 fully saturated rings. The van der Waals surface area contributed by atoms with Crippen LogP contribution in [-0.4, -0.2) is 84.6 Å². The van der Waals surface area contributed by atoms with Crippen molar-refractivity contribution >= 4 is 0 Å². The maximum atomic E-state index is 13.7. The monoisotopic (exact) mass is 506 g/mol. The summed E-state index contributed by atoms with van der Waals surface area (Å²) in [5.74, 6) is -37.2. The Morgan fingerprint density at radius 1 is 0.719 bits per heavy atom. The van der Waals surface area contributed by atoms with Gasteiger partial charge >= 0.3 is 35.8 Å². The summed E-state index contributed by atoms with van der Waals surface area (Å²) in [6.45, 7) is 4.68. The van der Waals surface area contributed by atoms with Crippen LogP contribution in [0.15, 0.2) is 0 Å². The lowest BCUT2D eigenvalue weighted by molar-refractivity contribution is -0.440. The van der Waals surface area contributed by atoms with E-state index >= 15 is 0 Å². The molecule has 0 radical (unpaired) electrons. The molecule has 0 spiro atoms. The Hall–Kier alpha value is -1.03. The van der Waals surface area contributed by atoms with Gasteiger partial charge in [0, 0.05) is 13.0 Å². The van der Waals surface area contributed by atoms with Crippen molar-refractivity contribution in [3.63, 3.8) is 0 Å². The van der Waals surface area contributed by atoms with Gasteiger partial charge in [0.05, 0.1) is 6.10 Å².